The first-order chi connectivity index (χ1) is 16.0. The van der Waals surface area contributed by atoms with Gasteiger partial charge in [0.15, 0.2) is 11.5 Å². The third-order valence-corrected chi connectivity index (χ3v) is 5.72. The average molecular weight is 468 g/mol. The Morgan fingerprint density at radius 2 is 1.85 bits per heavy atom. The highest BCUT2D eigenvalue weighted by Crippen LogP contribution is 2.29. The first kappa shape index (κ1) is 22.6. The maximum atomic E-state index is 13.1. The lowest BCUT2D eigenvalue weighted by molar-refractivity contribution is 0.277. The monoisotopic (exact) mass is 467 g/mol. The maximum absolute atomic E-state index is 13.1. The van der Waals surface area contributed by atoms with E-state index in [2.05, 4.69) is 10.1 Å². The van der Waals surface area contributed by atoms with Crippen molar-refractivity contribution in [2.24, 2.45) is 0 Å². The Morgan fingerprint density at radius 3 is 2.58 bits per heavy atom. The predicted octanol–water partition coefficient (Wildman–Crippen LogP) is 2.98. The zero-order valence-electron chi connectivity index (χ0n) is 18.2. The second-order valence-corrected chi connectivity index (χ2v) is 8.27. The first-order valence-corrected chi connectivity index (χ1v) is 11.4. The van der Waals surface area contributed by atoms with Crippen LogP contribution in [-0.2, 0) is 6.42 Å². The van der Waals surface area contributed by atoms with Crippen molar-refractivity contribution in [3.8, 4) is 11.5 Å². The molecule has 0 aliphatic heterocycles. The van der Waals surface area contributed by atoms with Crippen molar-refractivity contribution < 1.29 is 13.9 Å². The summed E-state index contributed by atoms with van der Waals surface area (Å²) in [6, 6.07) is 11.2. The Balaban J connectivity index is 1.72. The number of benzene rings is 2. The molecular weight excluding hydrogens is 445 g/mol. The summed E-state index contributed by atoms with van der Waals surface area (Å²) in [5, 5.41) is 4.23. The highest BCUT2D eigenvalue weighted by molar-refractivity contribution is 7.15. The zero-order chi connectivity index (χ0) is 23.4. The summed E-state index contributed by atoms with van der Waals surface area (Å²) in [4.78, 5) is 29.6. The van der Waals surface area contributed by atoms with Gasteiger partial charge in [-0.15, -0.1) is 0 Å². The number of aromatic nitrogens is 3. The van der Waals surface area contributed by atoms with Gasteiger partial charge in [-0.05, 0) is 54.8 Å². The summed E-state index contributed by atoms with van der Waals surface area (Å²) in [7, 11) is 0. The molecule has 4 aromatic rings. The van der Waals surface area contributed by atoms with E-state index in [-0.39, 0.29) is 28.5 Å². The van der Waals surface area contributed by atoms with E-state index < -0.39 is 5.56 Å². The largest absolute Gasteiger partial charge is 0.490 e. The van der Waals surface area contributed by atoms with E-state index in [4.69, 9.17) is 9.47 Å². The van der Waals surface area contributed by atoms with E-state index in [1.807, 2.05) is 32.0 Å². The van der Waals surface area contributed by atoms with Crippen LogP contribution in [-0.4, -0.2) is 27.8 Å². The molecule has 0 spiro atoms. The Bertz CT molecular complexity index is 1450. The topological polar surface area (TPSA) is 82.8 Å². The molecule has 0 aliphatic rings. The summed E-state index contributed by atoms with van der Waals surface area (Å²) in [5.74, 6) is 0.878. The molecule has 0 fully saturated rings. The maximum Gasteiger partial charge on any atom is 0.296 e. The van der Waals surface area contributed by atoms with Crippen molar-refractivity contribution >= 4 is 22.4 Å². The van der Waals surface area contributed by atoms with Crippen LogP contribution in [0.25, 0.3) is 11.0 Å². The van der Waals surface area contributed by atoms with Gasteiger partial charge in [0.25, 0.3) is 11.1 Å². The molecule has 4 rings (SSSR count). The molecule has 0 amide bonds. The molecule has 0 atom stereocenters. The molecule has 0 unspecified atom stereocenters. The molecule has 2 heterocycles. The van der Waals surface area contributed by atoms with Crippen LogP contribution in [0.1, 0.15) is 37.1 Å². The van der Waals surface area contributed by atoms with Crippen molar-refractivity contribution in [1.29, 1.82) is 0 Å². The molecule has 2 aromatic heterocycles. The third-order valence-electron chi connectivity index (χ3n) is 4.76. The van der Waals surface area contributed by atoms with Gasteiger partial charge in [-0.2, -0.15) is 14.6 Å². The number of halogens is 1. The molecule has 0 aliphatic carbocycles. The number of ether oxygens (including phenoxy) is 2. The Kier molecular flexibility index (Phi) is 6.79. The molecular formula is C24H22FN3O4S. The van der Waals surface area contributed by atoms with Crippen molar-refractivity contribution in [2.75, 3.05) is 13.2 Å². The van der Waals surface area contributed by atoms with Crippen LogP contribution in [0, 0.1) is 5.82 Å². The van der Waals surface area contributed by atoms with Crippen LogP contribution in [0.3, 0.4) is 0 Å². The molecule has 0 saturated carbocycles. The lowest BCUT2D eigenvalue weighted by Crippen LogP contribution is -2.28. The van der Waals surface area contributed by atoms with E-state index in [0.717, 1.165) is 27.8 Å². The SMILES string of the molecule is CCCOc1ccc(C=c2sc3nc(=O)c(Cc4ccc(F)cc4)nn3c2=O)cc1OCC. The van der Waals surface area contributed by atoms with Gasteiger partial charge in [-0.25, -0.2) is 4.39 Å². The van der Waals surface area contributed by atoms with Gasteiger partial charge in [-0.3, -0.25) is 9.59 Å². The number of hydrogen-bond acceptors (Lipinski definition) is 7. The van der Waals surface area contributed by atoms with Crippen LogP contribution in [0.15, 0.2) is 52.1 Å². The summed E-state index contributed by atoms with van der Waals surface area (Å²) in [6.45, 7) is 4.97. The minimum absolute atomic E-state index is 0.122. The number of thiazole rings is 1. The summed E-state index contributed by atoms with van der Waals surface area (Å²) in [6.07, 6.45) is 2.74. The van der Waals surface area contributed by atoms with Gasteiger partial charge < -0.3 is 9.47 Å². The third kappa shape index (κ3) is 5.09. The second kappa shape index (κ2) is 9.91. The predicted molar refractivity (Wildman–Crippen MR) is 125 cm³/mol. The Hall–Kier alpha value is -3.59. The van der Waals surface area contributed by atoms with Crippen LogP contribution in [0.4, 0.5) is 4.39 Å². The number of fused-ring (bicyclic) bond motifs is 1. The number of nitrogens with zero attached hydrogens (tertiary/aromatic N) is 3. The molecule has 0 radical (unpaired) electrons. The first-order valence-electron chi connectivity index (χ1n) is 10.6. The fourth-order valence-corrected chi connectivity index (χ4v) is 4.12. The van der Waals surface area contributed by atoms with Crippen molar-refractivity contribution in [2.45, 2.75) is 26.7 Å². The second-order valence-electron chi connectivity index (χ2n) is 7.26. The van der Waals surface area contributed by atoms with Gasteiger partial charge in [0.1, 0.15) is 11.5 Å². The van der Waals surface area contributed by atoms with Gasteiger partial charge in [0.2, 0.25) is 4.96 Å². The fourth-order valence-electron chi connectivity index (χ4n) is 3.21. The normalized spacial score (nSPS) is 11.8. The van der Waals surface area contributed by atoms with Crippen LogP contribution in [0.2, 0.25) is 0 Å². The molecule has 33 heavy (non-hydrogen) atoms. The summed E-state index contributed by atoms with van der Waals surface area (Å²) >= 11 is 1.09. The summed E-state index contributed by atoms with van der Waals surface area (Å²) < 4.78 is 26.1. The molecule has 0 bridgehead atoms. The summed E-state index contributed by atoms with van der Waals surface area (Å²) in [5.41, 5.74) is 0.693. The molecule has 7 nitrogen and oxygen atoms in total. The highest BCUT2D eigenvalue weighted by atomic mass is 32.1. The van der Waals surface area contributed by atoms with Gasteiger partial charge in [0.05, 0.1) is 17.7 Å². The minimum atomic E-state index is -0.511. The van der Waals surface area contributed by atoms with E-state index in [0.29, 0.717) is 34.8 Å². The van der Waals surface area contributed by atoms with Crippen molar-refractivity contribution in [3.63, 3.8) is 0 Å². The molecule has 0 saturated heterocycles. The van der Waals surface area contributed by atoms with Crippen LogP contribution >= 0.6 is 11.3 Å². The number of hydrogen-bond donors (Lipinski definition) is 0. The Morgan fingerprint density at radius 1 is 1.06 bits per heavy atom. The van der Waals surface area contributed by atoms with E-state index >= 15 is 0 Å². The van der Waals surface area contributed by atoms with Crippen molar-refractivity contribution in [1.82, 2.24) is 14.6 Å². The van der Waals surface area contributed by atoms with E-state index in [1.54, 1.807) is 18.2 Å². The standard InChI is InChI=1S/C24H22FN3O4S/c1-3-11-32-19-10-7-16(13-20(19)31-4-2)14-21-23(30)28-24(33-21)26-22(29)18(27-28)12-15-5-8-17(25)9-6-15/h5-10,13-14H,3-4,11-12H2,1-2H3. The average Bonchev–Trinajstić information content (AvgIpc) is 3.09. The molecule has 0 N–H and O–H groups in total. The fraction of sp³-hybridized carbons (Fsp3) is 0.250. The highest BCUT2D eigenvalue weighted by Gasteiger charge is 2.12. The van der Waals surface area contributed by atoms with Crippen molar-refractivity contribution in [3.05, 3.63) is 90.3 Å². The van der Waals surface area contributed by atoms with Crippen LogP contribution < -0.4 is 25.1 Å². The van der Waals surface area contributed by atoms with Gasteiger partial charge in [-0.1, -0.05) is 36.5 Å². The smallest absolute Gasteiger partial charge is 0.296 e. The van der Waals surface area contributed by atoms with Crippen LogP contribution in [0.5, 0.6) is 11.5 Å². The molecule has 9 heteroatoms. The van der Waals surface area contributed by atoms with E-state index in [1.165, 1.54) is 12.1 Å². The number of rotatable bonds is 8. The lowest BCUT2D eigenvalue weighted by Gasteiger charge is -2.11. The van der Waals surface area contributed by atoms with E-state index in [9.17, 15) is 14.0 Å². The minimum Gasteiger partial charge on any atom is -0.490 e. The molecule has 2 aromatic carbocycles. The zero-order valence-corrected chi connectivity index (χ0v) is 19.0. The Labute approximate surface area is 192 Å². The lowest BCUT2D eigenvalue weighted by atomic mass is 10.1. The van der Waals surface area contributed by atoms with Gasteiger partial charge in [0, 0.05) is 6.42 Å². The van der Waals surface area contributed by atoms with Gasteiger partial charge >= 0.3 is 0 Å². The quantitative estimate of drug-likeness (QED) is 0.396. The molecule has 170 valence electrons.